The van der Waals surface area contributed by atoms with E-state index in [1.165, 1.54) is 0 Å². The van der Waals surface area contributed by atoms with Crippen molar-refractivity contribution in [3.8, 4) is 5.88 Å². The predicted molar refractivity (Wildman–Crippen MR) is 80.5 cm³/mol. The number of aliphatic carboxylic acids is 1. The quantitative estimate of drug-likeness (QED) is 0.886. The van der Waals surface area contributed by atoms with E-state index in [1.807, 2.05) is 43.3 Å². The maximum absolute atomic E-state index is 12.0. The highest BCUT2D eigenvalue weighted by Crippen LogP contribution is 2.34. The lowest BCUT2D eigenvalue weighted by atomic mass is 9.73. The van der Waals surface area contributed by atoms with Gasteiger partial charge in [-0.15, -0.1) is 0 Å². The molecule has 1 unspecified atom stereocenters. The van der Waals surface area contributed by atoms with Crippen molar-refractivity contribution in [1.29, 1.82) is 0 Å². The van der Waals surface area contributed by atoms with Crippen LogP contribution in [0.1, 0.15) is 24.5 Å². The summed E-state index contributed by atoms with van der Waals surface area (Å²) in [7, 11) is 1.54. The van der Waals surface area contributed by atoms with Crippen LogP contribution in [0, 0.1) is 0 Å². The molecule has 21 heavy (non-hydrogen) atoms. The Bertz CT molecular complexity index is 612. The molecule has 1 aromatic heterocycles. The predicted octanol–water partition coefficient (Wildman–Crippen LogP) is 3.07. The number of methoxy groups -OCH3 is 1. The molecular formula is C17H19NO3. The van der Waals surface area contributed by atoms with Gasteiger partial charge in [-0.1, -0.05) is 43.3 Å². The molecule has 0 spiro atoms. The second-order valence-electron chi connectivity index (χ2n) is 4.96. The number of benzene rings is 1. The van der Waals surface area contributed by atoms with Crippen LogP contribution in [0.3, 0.4) is 0 Å². The van der Waals surface area contributed by atoms with Gasteiger partial charge in [-0.25, -0.2) is 4.98 Å². The minimum absolute atomic E-state index is 0.347. The van der Waals surface area contributed by atoms with Crippen LogP contribution in [-0.2, 0) is 16.6 Å². The highest BCUT2D eigenvalue weighted by molar-refractivity contribution is 5.82. The van der Waals surface area contributed by atoms with Gasteiger partial charge in [-0.05, 0) is 24.5 Å². The largest absolute Gasteiger partial charge is 0.481 e. The van der Waals surface area contributed by atoms with E-state index in [0.29, 0.717) is 18.7 Å². The van der Waals surface area contributed by atoms with Crippen LogP contribution in [0.4, 0.5) is 0 Å². The van der Waals surface area contributed by atoms with Crippen molar-refractivity contribution >= 4 is 5.97 Å². The van der Waals surface area contributed by atoms with Crippen molar-refractivity contribution in [3.05, 3.63) is 59.8 Å². The lowest BCUT2D eigenvalue weighted by Crippen LogP contribution is -2.37. The standard InChI is InChI=1S/C17H19NO3/c1-3-17(16(19)20,14-9-5-4-6-10-14)12-13-8-7-11-18-15(13)21-2/h4-11H,3,12H2,1-2H3,(H,19,20). The van der Waals surface area contributed by atoms with Gasteiger partial charge in [0, 0.05) is 11.8 Å². The minimum Gasteiger partial charge on any atom is -0.481 e. The molecule has 1 heterocycles. The lowest BCUT2D eigenvalue weighted by Gasteiger charge is -2.29. The third-order valence-electron chi connectivity index (χ3n) is 3.87. The Kier molecular flexibility index (Phi) is 4.58. The molecule has 0 aliphatic carbocycles. The fourth-order valence-corrected chi connectivity index (χ4v) is 2.61. The summed E-state index contributed by atoms with van der Waals surface area (Å²) in [6, 6.07) is 13.0. The molecule has 1 N–H and O–H groups in total. The number of carboxylic acid groups (broad SMARTS) is 1. The monoisotopic (exact) mass is 285 g/mol. The first kappa shape index (κ1) is 15.0. The van der Waals surface area contributed by atoms with Crippen molar-refractivity contribution in [2.75, 3.05) is 7.11 Å². The first-order valence-electron chi connectivity index (χ1n) is 6.91. The van der Waals surface area contributed by atoms with E-state index < -0.39 is 11.4 Å². The summed E-state index contributed by atoms with van der Waals surface area (Å²) in [6.45, 7) is 1.89. The third kappa shape index (κ3) is 2.89. The third-order valence-corrected chi connectivity index (χ3v) is 3.87. The van der Waals surface area contributed by atoms with Gasteiger partial charge in [0.25, 0.3) is 0 Å². The number of pyridine rings is 1. The Hall–Kier alpha value is -2.36. The molecular weight excluding hydrogens is 266 g/mol. The van der Waals surface area contributed by atoms with E-state index in [9.17, 15) is 9.90 Å². The fourth-order valence-electron chi connectivity index (χ4n) is 2.61. The normalized spacial score (nSPS) is 13.4. The van der Waals surface area contributed by atoms with Gasteiger partial charge in [0.2, 0.25) is 5.88 Å². The minimum atomic E-state index is -0.975. The Morgan fingerprint density at radius 2 is 1.95 bits per heavy atom. The van der Waals surface area contributed by atoms with E-state index in [0.717, 1.165) is 11.1 Å². The number of carbonyl (C=O) groups is 1. The second-order valence-corrected chi connectivity index (χ2v) is 4.96. The van der Waals surface area contributed by atoms with Gasteiger partial charge in [-0.3, -0.25) is 4.79 Å². The molecule has 110 valence electrons. The Morgan fingerprint density at radius 1 is 1.24 bits per heavy atom. The van der Waals surface area contributed by atoms with E-state index >= 15 is 0 Å². The SMILES string of the molecule is CCC(Cc1cccnc1OC)(C(=O)O)c1ccccc1. The average Bonchev–Trinajstić information content (AvgIpc) is 2.53. The average molecular weight is 285 g/mol. The summed E-state index contributed by atoms with van der Waals surface area (Å²) in [5.41, 5.74) is 0.622. The van der Waals surface area contributed by atoms with Gasteiger partial charge >= 0.3 is 5.97 Å². The van der Waals surface area contributed by atoms with Gasteiger partial charge in [0.1, 0.15) is 0 Å². The fraction of sp³-hybridized carbons (Fsp3) is 0.294. The van der Waals surface area contributed by atoms with Crippen LogP contribution in [0.15, 0.2) is 48.7 Å². The summed E-state index contributed by atoms with van der Waals surface area (Å²) in [4.78, 5) is 16.1. The van der Waals surface area contributed by atoms with Crippen molar-refractivity contribution in [3.63, 3.8) is 0 Å². The molecule has 0 fully saturated rings. The number of rotatable bonds is 6. The van der Waals surface area contributed by atoms with Crippen LogP contribution in [0.2, 0.25) is 0 Å². The van der Waals surface area contributed by atoms with E-state index in [4.69, 9.17) is 4.74 Å². The molecule has 1 atom stereocenters. The smallest absolute Gasteiger partial charge is 0.314 e. The molecule has 4 heteroatoms. The van der Waals surface area contributed by atoms with E-state index in [1.54, 1.807) is 19.4 Å². The Labute approximate surface area is 124 Å². The number of hydrogen-bond donors (Lipinski definition) is 1. The first-order valence-corrected chi connectivity index (χ1v) is 6.91. The maximum Gasteiger partial charge on any atom is 0.314 e. The van der Waals surface area contributed by atoms with Gasteiger partial charge in [-0.2, -0.15) is 0 Å². The van der Waals surface area contributed by atoms with Crippen LogP contribution < -0.4 is 4.74 Å². The summed E-state index contributed by atoms with van der Waals surface area (Å²) in [5, 5.41) is 9.84. The zero-order valence-electron chi connectivity index (χ0n) is 12.2. The second kappa shape index (κ2) is 6.39. The lowest BCUT2D eigenvalue weighted by molar-refractivity contribution is -0.144. The molecule has 0 aliphatic rings. The summed E-state index contributed by atoms with van der Waals surface area (Å²) < 4.78 is 5.25. The molecule has 4 nitrogen and oxygen atoms in total. The molecule has 0 radical (unpaired) electrons. The maximum atomic E-state index is 12.0. The van der Waals surface area contributed by atoms with Gasteiger partial charge < -0.3 is 9.84 Å². The van der Waals surface area contributed by atoms with Crippen molar-refractivity contribution in [2.45, 2.75) is 25.2 Å². The number of ether oxygens (including phenoxy) is 1. The highest BCUT2D eigenvalue weighted by Gasteiger charge is 2.39. The summed E-state index contributed by atoms with van der Waals surface area (Å²) >= 11 is 0. The van der Waals surface area contributed by atoms with E-state index in [-0.39, 0.29) is 0 Å². The van der Waals surface area contributed by atoms with Crippen molar-refractivity contribution in [1.82, 2.24) is 4.98 Å². The molecule has 0 bridgehead atoms. The number of hydrogen-bond acceptors (Lipinski definition) is 3. The first-order chi connectivity index (χ1) is 10.1. The van der Waals surface area contributed by atoms with Crippen LogP contribution >= 0.6 is 0 Å². The van der Waals surface area contributed by atoms with Crippen LogP contribution in [-0.4, -0.2) is 23.2 Å². The molecule has 2 aromatic rings. The molecule has 0 saturated carbocycles. The summed E-state index contributed by atoms with van der Waals surface area (Å²) in [5.74, 6) is -0.352. The number of nitrogens with zero attached hydrogens (tertiary/aromatic N) is 1. The highest BCUT2D eigenvalue weighted by atomic mass is 16.5. The van der Waals surface area contributed by atoms with Crippen molar-refractivity contribution in [2.24, 2.45) is 0 Å². The topological polar surface area (TPSA) is 59.4 Å². The molecule has 2 rings (SSSR count). The summed E-state index contributed by atoms with van der Waals surface area (Å²) in [6.07, 6.45) is 2.48. The number of aromatic nitrogens is 1. The molecule has 0 aliphatic heterocycles. The molecule has 0 amide bonds. The molecule has 1 aromatic carbocycles. The van der Waals surface area contributed by atoms with Gasteiger partial charge in [0.05, 0.1) is 12.5 Å². The Balaban J connectivity index is 2.49. The van der Waals surface area contributed by atoms with Crippen molar-refractivity contribution < 1.29 is 14.6 Å². The van der Waals surface area contributed by atoms with Crippen LogP contribution in [0.5, 0.6) is 5.88 Å². The number of carboxylic acids is 1. The van der Waals surface area contributed by atoms with E-state index in [2.05, 4.69) is 4.98 Å². The van der Waals surface area contributed by atoms with Crippen LogP contribution in [0.25, 0.3) is 0 Å². The molecule has 0 saturated heterocycles. The van der Waals surface area contributed by atoms with Gasteiger partial charge in [0.15, 0.2) is 0 Å². The zero-order chi connectivity index (χ0) is 15.3. The Morgan fingerprint density at radius 3 is 2.52 bits per heavy atom. The zero-order valence-corrected chi connectivity index (χ0v) is 12.2.